The van der Waals surface area contributed by atoms with Crippen molar-refractivity contribution in [3.63, 3.8) is 0 Å². The molecule has 1 atom stereocenters. The van der Waals surface area contributed by atoms with Crippen LogP contribution in [0.15, 0.2) is 64.5 Å². The fourth-order valence-corrected chi connectivity index (χ4v) is 5.17. The van der Waals surface area contributed by atoms with Crippen LogP contribution in [0.5, 0.6) is 0 Å². The number of nitrogens with one attached hydrogen (secondary N) is 2. The van der Waals surface area contributed by atoms with Crippen molar-refractivity contribution in [2.75, 3.05) is 0 Å². The van der Waals surface area contributed by atoms with Crippen molar-refractivity contribution in [1.82, 2.24) is 20.2 Å². The number of urea groups is 1. The number of nitrogens with zero attached hydrogens (tertiary/aromatic N) is 2. The molecule has 8 heteroatoms. The van der Waals surface area contributed by atoms with Gasteiger partial charge in [-0.1, -0.05) is 67.1 Å². The number of aromatic nitrogens is 2. The summed E-state index contributed by atoms with van der Waals surface area (Å²) < 4.78 is 1.65. The number of thioether (sulfide) groups is 1. The molecule has 2 aromatic carbocycles. The van der Waals surface area contributed by atoms with Crippen LogP contribution in [0.3, 0.4) is 0 Å². The average Bonchev–Trinajstić information content (AvgIpc) is 3.34. The third-order valence-electron chi connectivity index (χ3n) is 6.10. The highest BCUT2D eigenvalue weighted by molar-refractivity contribution is 8.00. The van der Waals surface area contributed by atoms with E-state index in [-0.39, 0.29) is 11.6 Å². The molecular weight excluding hydrogens is 448 g/mol. The highest BCUT2D eigenvalue weighted by atomic mass is 32.2. The Balaban J connectivity index is 1.48. The summed E-state index contributed by atoms with van der Waals surface area (Å²) in [6.07, 6.45) is 5.69. The van der Waals surface area contributed by atoms with E-state index in [1.54, 1.807) is 23.6 Å². The first-order chi connectivity index (χ1) is 16.5. The summed E-state index contributed by atoms with van der Waals surface area (Å²) >= 11 is 1.20. The molecular formula is C26H30N4O3S. The van der Waals surface area contributed by atoms with E-state index in [0.29, 0.717) is 22.6 Å². The van der Waals surface area contributed by atoms with Gasteiger partial charge in [0.05, 0.1) is 16.2 Å². The minimum atomic E-state index is -0.595. The summed E-state index contributed by atoms with van der Waals surface area (Å²) in [4.78, 5) is 42.8. The fourth-order valence-electron chi connectivity index (χ4n) is 4.24. The third kappa shape index (κ3) is 6.05. The molecule has 1 saturated carbocycles. The van der Waals surface area contributed by atoms with Gasteiger partial charge < -0.3 is 5.32 Å². The van der Waals surface area contributed by atoms with Gasteiger partial charge in [-0.05, 0) is 50.3 Å². The first kappa shape index (κ1) is 24.0. The maximum Gasteiger partial charge on any atom is 0.321 e. The monoisotopic (exact) mass is 478 g/mol. The number of fused-ring (bicyclic) bond motifs is 1. The Labute approximate surface area is 203 Å². The first-order valence-corrected chi connectivity index (χ1v) is 12.7. The van der Waals surface area contributed by atoms with E-state index < -0.39 is 17.2 Å². The van der Waals surface area contributed by atoms with Crippen molar-refractivity contribution in [3.8, 4) is 0 Å². The zero-order valence-electron chi connectivity index (χ0n) is 19.3. The number of carbonyl (C=O) groups excluding carboxylic acids is 2. The molecule has 0 spiro atoms. The molecule has 1 aliphatic rings. The van der Waals surface area contributed by atoms with Crippen LogP contribution in [0, 0.1) is 0 Å². The van der Waals surface area contributed by atoms with Gasteiger partial charge in [0.15, 0.2) is 5.16 Å². The molecule has 34 heavy (non-hydrogen) atoms. The molecule has 4 rings (SSSR count). The van der Waals surface area contributed by atoms with Gasteiger partial charge in [-0.15, -0.1) is 0 Å². The van der Waals surface area contributed by atoms with Gasteiger partial charge in [0.2, 0.25) is 5.91 Å². The van der Waals surface area contributed by atoms with E-state index in [0.717, 1.165) is 38.5 Å². The number of hydrogen-bond acceptors (Lipinski definition) is 5. The van der Waals surface area contributed by atoms with Crippen molar-refractivity contribution in [2.45, 2.75) is 68.4 Å². The van der Waals surface area contributed by atoms with E-state index in [1.807, 2.05) is 30.3 Å². The molecule has 1 aliphatic carbocycles. The number of rotatable bonds is 8. The van der Waals surface area contributed by atoms with Crippen LogP contribution in [0.2, 0.25) is 0 Å². The van der Waals surface area contributed by atoms with E-state index in [9.17, 15) is 14.4 Å². The average molecular weight is 479 g/mol. The van der Waals surface area contributed by atoms with Gasteiger partial charge in [0.25, 0.3) is 5.56 Å². The summed E-state index contributed by atoms with van der Waals surface area (Å²) in [5, 5.41) is 5.75. The Morgan fingerprint density at radius 1 is 1.09 bits per heavy atom. The van der Waals surface area contributed by atoms with E-state index in [1.165, 1.54) is 17.3 Å². The van der Waals surface area contributed by atoms with Gasteiger partial charge >= 0.3 is 6.03 Å². The molecule has 0 aliphatic heterocycles. The largest absolute Gasteiger partial charge is 0.335 e. The van der Waals surface area contributed by atoms with Crippen molar-refractivity contribution in [3.05, 3.63) is 70.5 Å². The van der Waals surface area contributed by atoms with Gasteiger partial charge in [-0.25, -0.2) is 9.78 Å². The van der Waals surface area contributed by atoms with Crippen molar-refractivity contribution in [2.24, 2.45) is 0 Å². The molecule has 2 N–H and O–H groups in total. The molecule has 0 saturated heterocycles. The van der Waals surface area contributed by atoms with Crippen LogP contribution in [-0.4, -0.2) is 32.8 Å². The topological polar surface area (TPSA) is 93.1 Å². The van der Waals surface area contributed by atoms with Gasteiger partial charge in [0, 0.05) is 12.6 Å². The van der Waals surface area contributed by atoms with E-state index in [2.05, 4.69) is 22.8 Å². The number of amides is 3. The predicted molar refractivity (Wildman–Crippen MR) is 135 cm³/mol. The van der Waals surface area contributed by atoms with Crippen LogP contribution in [0.4, 0.5) is 4.79 Å². The second-order valence-electron chi connectivity index (χ2n) is 8.66. The molecule has 3 aromatic rings. The zero-order valence-corrected chi connectivity index (χ0v) is 20.1. The van der Waals surface area contributed by atoms with Crippen LogP contribution >= 0.6 is 11.8 Å². The molecule has 1 fully saturated rings. The molecule has 1 heterocycles. The third-order valence-corrected chi connectivity index (χ3v) is 7.19. The highest BCUT2D eigenvalue weighted by Gasteiger charge is 2.23. The zero-order chi connectivity index (χ0) is 23.9. The summed E-state index contributed by atoms with van der Waals surface area (Å²) in [6.45, 7) is 2.21. The summed E-state index contributed by atoms with van der Waals surface area (Å²) in [5.41, 5.74) is 1.69. The predicted octanol–water partition coefficient (Wildman–Crippen LogP) is 4.28. The maximum atomic E-state index is 13.3. The van der Waals surface area contributed by atoms with E-state index in [4.69, 9.17) is 4.98 Å². The second kappa shape index (κ2) is 11.3. The Morgan fingerprint density at radius 2 is 1.79 bits per heavy atom. The molecule has 1 unspecified atom stereocenters. The Bertz CT molecular complexity index is 1210. The molecule has 1 aromatic heterocycles. The minimum Gasteiger partial charge on any atom is -0.335 e. The summed E-state index contributed by atoms with van der Waals surface area (Å²) in [5.74, 6) is -0.404. The van der Waals surface area contributed by atoms with Crippen LogP contribution in [-0.2, 0) is 17.8 Å². The molecule has 7 nitrogen and oxygen atoms in total. The van der Waals surface area contributed by atoms with Crippen LogP contribution < -0.4 is 16.2 Å². The highest BCUT2D eigenvalue weighted by Crippen LogP contribution is 2.23. The number of benzene rings is 2. The van der Waals surface area contributed by atoms with Crippen molar-refractivity contribution >= 4 is 34.6 Å². The minimum absolute atomic E-state index is 0.118. The maximum absolute atomic E-state index is 13.3. The van der Waals surface area contributed by atoms with Gasteiger partial charge in [-0.2, -0.15) is 0 Å². The van der Waals surface area contributed by atoms with Crippen molar-refractivity contribution in [1.29, 1.82) is 0 Å². The lowest BCUT2D eigenvalue weighted by molar-refractivity contribution is -0.119. The van der Waals surface area contributed by atoms with Gasteiger partial charge in [-0.3, -0.25) is 19.5 Å². The number of imide groups is 1. The Hall–Kier alpha value is -3.13. The molecule has 3 amide bonds. The van der Waals surface area contributed by atoms with Crippen LogP contribution in [0.1, 0.15) is 44.6 Å². The lowest BCUT2D eigenvalue weighted by Crippen LogP contribution is -2.46. The summed E-state index contributed by atoms with van der Waals surface area (Å²) in [6, 6.07) is 17.0. The smallest absolute Gasteiger partial charge is 0.321 e. The first-order valence-electron chi connectivity index (χ1n) is 11.8. The Kier molecular flexibility index (Phi) is 8.00. The number of carbonyl (C=O) groups is 2. The number of para-hydroxylation sites is 1. The standard InChI is InChI=1S/C26H30N4O3S/c1-18(23(31)29-25(33)27-20-13-5-6-14-20)34-26-28-22-16-8-7-15-21(22)24(32)30(26)17-9-12-19-10-3-2-4-11-19/h2-4,7-8,10-11,15-16,18,20H,5-6,9,12-14,17H2,1H3,(H2,27,29,31,33). The van der Waals surface area contributed by atoms with E-state index >= 15 is 0 Å². The second-order valence-corrected chi connectivity index (χ2v) is 9.97. The van der Waals surface area contributed by atoms with Gasteiger partial charge in [0.1, 0.15) is 0 Å². The molecule has 0 bridgehead atoms. The molecule has 0 radical (unpaired) electrons. The van der Waals surface area contributed by atoms with Crippen LogP contribution in [0.25, 0.3) is 10.9 Å². The molecule has 178 valence electrons. The fraction of sp³-hybridized carbons (Fsp3) is 0.385. The summed E-state index contributed by atoms with van der Waals surface area (Å²) in [7, 11) is 0. The lowest BCUT2D eigenvalue weighted by Gasteiger charge is -2.17. The lowest BCUT2D eigenvalue weighted by atomic mass is 10.1. The Morgan fingerprint density at radius 3 is 2.56 bits per heavy atom. The van der Waals surface area contributed by atoms with Crippen molar-refractivity contribution < 1.29 is 9.59 Å². The number of aryl methyl sites for hydroxylation is 1. The SMILES string of the molecule is CC(Sc1nc2ccccc2c(=O)n1CCCc1ccccc1)C(=O)NC(=O)NC1CCCC1. The quantitative estimate of drug-likeness (QED) is 0.372. The number of hydrogen-bond donors (Lipinski definition) is 2. The normalized spacial score (nSPS) is 14.7.